The van der Waals surface area contributed by atoms with Crippen LogP contribution in [0.1, 0.15) is 55.8 Å². The smallest absolute Gasteiger partial charge is 0.430 e. The molecule has 1 atom stereocenters. The van der Waals surface area contributed by atoms with Crippen molar-refractivity contribution in [3.63, 3.8) is 0 Å². The predicted molar refractivity (Wildman–Crippen MR) is 132 cm³/mol. The number of alkyl halides is 3. The van der Waals surface area contributed by atoms with Crippen LogP contribution in [0.25, 0.3) is 0 Å². The summed E-state index contributed by atoms with van der Waals surface area (Å²) in [6, 6.07) is -0.826. The number of aromatic nitrogens is 1. The molecule has 1 unspecified atom stereocenters. The molecule has 3 rings (SSSR count). The first-order chi connectivity index (χ1) is 17.3. The Bertz CT molecular complexity index is 1080. The zero-order chi connectivity index (χ0) is 27.5. The molecule has 37 heavy (non-hydrogen) atoms. The van der Waals surface area contributed by atoms with Crippen LogP contribution < -0.4 is 0 Å². The molecule has 0 aromatic carbocycles. The number of carboxylic acid groups (broad SMARTS) is 1. The Morgan fingerprint density at radius 2 is 1.78 bits per heavy atom. The van der Waals surface area contributed by atoms with E-state index in [1.165, 1.54) is 12.4 Å². The number of rotatable bonds is 10. The van der Waals surface area contributed by atoms with Crippen LogP contribution in [0.4, 0.5) is 13.2 Å². The molecule has 1 heterocycles. The lowest BCUT2D eigenvalue weighted by atomic mass is 9.86. The fourth-order valence-electron chi connectivity index (χ4n) is 4.42. The van der Waals surface area contributed by atoms with Crippen LogP contribution in [-0.4, -0.2) is 69.9 Å². The maximum absolute atomic E-state index is 14.1. The van der Waals surface area contributed by atoms with Gasteiger partial charge in [-0.2, -0.15) is 13.2 Å². The highest BCUT2D eigenvalue weighted by atomic mass is 35.5. The van der Waals surface area contributed by atoms with E-state index in [2.05, 4.69) is 9.98 Å². The molecular weight excluding hydrogens is 536 g/mol. The molecular formula is C24H27Cl2F3N4O4. The minimum absolute atomic E-state index is 0.0110. The number of carbonyl (C=O) groups is 3. The van der Waals surface area contributed by atoms with Gasteiger partial charge in [0.15, 0.2) is 5.78 Å². The average molecular weight is 563 g/mol. The fourth-order valence-corrected chi connectivity index (χ4v) is 4.99. The maximum atomic E-state index is 14.1. The van der Waals surface area contributed by atoms with Crippen LogP contribution in [0.2, 0.25) is 10.0 Å². The van der Waals surface area contributed by atoms with Crippen molar-refractivity contribution < 1.29 is 32.7 Å². The Kier molecular flexibility index (Phi) is 9.00. The van der Waals surface area contributed by atoms with Crippen LogP contribution in [-0.2, 0) is 9.59 Å². The van der Waals surface area contributed by atoms with Gasteiger partial charge in [-0.25, -0.2) is 0 Å². The summed E-state index contributed by atoms with van der Waals surface area (Å²) in [6.45, 7) is 1.28. The number of ketones is 1. The number of aliphatic imine (C=N–C) groups is 1. The zero-order valence-electron chi connectivity index (χ0n) is 20.0. The molecule has 13 heteroatoms. The Hall–Kier alpha value is -2.53. The molecule has 0 spiro atoms. The van der Waals surface area contributed by atoms with Gasteiger partial charge in [-0.3, -0.25) is 24.4 Å². The van der Waals surface area contributed by atoms with Crippen LogP contribution in [0.15, 0.2) is 17.4 Å². The van der Waals surface area contributed by atoms with Crippen molar-refractivity contribution in [2.24, 2.45) is 22.2 Å². The van der Waals surface area contributed by atoms with E-state index >= 15 is 0 Å². The normalized spacial score (nSPS) is 22.2. The van der Waals surface area contributed by atoms with Crippen LogP contribution in [0.3, 0.4) is 0 Å². The highest BCUT2D eigenvalue weighted by Gasteiger charge is 2.47. The van der Waals surface area contributed by atoms with Crippen molar-refractivity contribution in [3.8, 4) is 0 Å². The molecule has 1 aromatic heterocycles. The molecule has 2 fully saturated rings. The third-order valence-electron chi connectivity index (χ3n) is 6.84. The molecule has 0 saturated heterocycles. The number of hydrogen-bond acceptors (Lipinski definition) is 6. The van der Waals surface area contributed by atoms with Gasteiger partial charge in [-0.1, -0.05) is 30.1 Å². The van der Waals surface area contributed by atoms with Gasteiger partial charge in [0.1, 0.15) is 11.6 Å². The number of nitrogens with zero attached hydrogens (tertiary/aromatic N) is 3. The summed E-state index contributed by atoms with van der Waals surface area (Å²) in [4.78, 5) is 46.3. The van der Waals surface area contributed by atoms with E-state index in [9.17, 15) is 27.6 Å². The lowest BCUT2D eigenvalue weighted by molar-refractivity contribution is -0.142. The second-order valence-corrected chi connectivity index (χ2v) is 10.7. The number of carboxylic acids is 1. The van der Waals surface area contributed by atoms with Gasteiger partial charge in [0.2, 0.25) is 5.91 Å². The second kappa shape index (κ2) is 11.5. The number of carbonyl (C=O) groups excluding carboxylic acids is 2. The van der Waals surface area contributed by atoms with Gasteiger partial charge < -0.3 is 15.4 Å². The van der Waals surface area contributed by atoms with E-state index in [1.807, 2.05) is 6.92 Å². The molecule has 2 saturated carbocycles. The molecule has 0 bridgehead atoms. The average Bonchev–Trinajstić information content (AvgIpc) is 3.54. The van der Waals surface area contributed by atoms with Crippen molar-refractivity contribution >= 4 is 52.8 Å². The minimum atomic E-state index is -5.02. The summed E-state index contributed by atoms with van der Waals surface area (Å²) in [6.07, 6.45) is -0.201. The molecule has 2 aliphatic rings. The summed E-state index contributed by atoms with van der Waals surface area (Å²) in [5.74, 6) is -5.46. The van der Waals surface area contributed by atoms with Crippen molar-refractivity contribution in [2.75, 3.05) is 13.1 Å². The van der Waals surface area contributed by atoms with E-state index in [0.717, 1.165) is 17.7 Å². The SMILES string of the molecule is CC1(CN(CC(=O)c2c(Cl)cncc2Cl)C(=O)C(C=N)C(=NC2CCC(C(=O)O)CC2)C(F)(F)F)CC1. The van der Waals surface area contributed by atoms with Crippen LogP contribution in [0.5, 0.6) is 0 Å². The Morgan fingerprint density at radius 3 is 2.24 bits per heavy atom. The molecule has 8 nitrogen and oxygen atoms in total. The predicted octanol–water partition coefficient (Wildman–Crippen LogP) is 5.11. The summed E-state index contributed by atoms with van der Waals surface area (Å²) >= 11 is 12.1. The van der Waals surface area contributed by atoms with Crippen molar-refractivity contribution in [2.45, 2.75) is 57.7 Å². The zero-order valence-corrected chi connectivity index (χ0v) is 21.5. The molecule has 1 amide bonds. The number of pyridine rings is 1. The van der Waals surface area contributed by atoms with E-state index < -0.39 is 54.0 Å². The van der Waals surface area contributed by atoms with Crippen molar-refractivity contribution in [1.29, 1.82) is 5.41 Å². The van der Waals surface area contributed by atoms with Gasteiger partial charge in [0.25, 0.3) is 0 Å². The van der Waals surface area contributed by atoms with Gasteiger partial charge in [-0.15, -0.1) is 0 Å². The molecule has 0 radical (unpaired) electrons. The number of halogens is 5. The third kappa shape index (κ3) is 7.28. The maximum Gasteiger partial charge on any atom is 0.430 e. The van der Waals surface area contributed by atoms with E-state index in [0.29, 0.717) is 6.21 Å². The van der Waals surface area contributed by atoms with Gasteiger partial charge in [-0.05, 0) is 43.9 Å². The standard InChI is InChI=1S/C24H27Cl2F3N4O4/c1-23(6-7-23)12-33(11-18(34)19-16(25)9-31-10-17(19)26)21(35)15(8-30)20(24(27,28)29)32-14-4-2-13(3-5-14)22(36)37/h8-10,13-15,30H,2-7,11-12H2,1H3,(H,36,37). The van der Waals surface area contributed by atoms with Crippen molar-refractivity contribution in [3.05, 3.63) is 28.0 Å². The molecule has 202 valence electrons. The summed E-state index contributed by atoms with van der Waals surface area (Å²) in [5.41, 5.74) is -1.88. The Labute approximate surface area is 221 Å². The molecule has 1 aromatic rings. The summed E-state index contributed by atoms with van der Waals surface area (Å²) in [7, 11) is 0. The number of hydrogen-bond donors (Lipinski definition) is 2. The quantitative estimate of drug-likeness (QED) is 0.303. The number of aliphatic carboxylic acids is 1. The lowest BCUT2D eigenvalue weighted by Crippen LogP contribution is -2.48. The monoisotopic (exact) mass is 562 g/mol. The third-order valence-corrected chi connectivity index (χ3v) is 7.41. The Morgan fingerprint density at radius 1 is 1.22 bits per heavy atom. The molecule has 2 N–H and O–H groups in total. The van der Waals surface area contributed by atoms with E-state index in [1.54, 1.807) is 0 Å². The topological polar surface area (TPSA) is 124 Å². The Balaban J connectivity index is 1.89. The van der Waals surface area contributed by atoms with E-state index in [-0.39, 0.29) is 53.3 Å². The number of amides is 1. The highest BCUT2D eigenvalue weighted by Crippen LogP contribution is 2.46. The number of Topliss-reactive ketones (excluding diaryl/α,β-unsaturated/α-hetero) is 1. The van der Waals surface area contributed by atoms with E-state index in [4.69, 9.17) is 33.7 Å². The second-order valence-electron chi connectivity index (χ2n) is 9.91. The lowest BCUT2D eigenvalue weighted by Gasteiger charge is -2.30. The first kappa shape index (κ1) is 29.0. The first-order valence-electron chi connectivity index (χ1n) is 11.7. The largest absolute Gasteiger partial charge is 0.481 e. The summed E-state index contributed by atoms with van der Waals surface area (Å²) in [5, 5.41) is 16.7. The van der Waals surface area contributed by atoms with Gasteiger partial charge in [0.05, 0.1) is 34.1 Å². The van der Waals surface area contributed by atoms with Gasteiger partial charge >= 0.3 is 12.1 Å². The van der Waals surface area contributed by atoms with Gasteiger partial charge in [0, 0.05) is 25.2 Å². The van der Waals surface area contributed by atoms with Crippen LogP contribution in [0, 0.1) is 22.7 Å². The van der Waals surface area contributed by atoms with Crippen molar-refractivity contribution in [1.82, 2.24) is 9.88 Å². The van der Waals surface area contributed by atoms with Crippen LogP contribution >= 0.6 is 23.2 Å². The highest BCUT2D eigenvalue weighted by molar-refractivity contribution is 6.39. The fraction of sp³-hybridized carbons (Fsp3) is 0.583. The first-order valence-corrected chi connectivity index (χ1v) is 12.5. The summed E-state index contributed by atoms with van der Waals surface area (Å²) < 4.78 is 42.3. The minimum Gasteiger partial charge on any atom is -0.481 e. The molecule has 0 aliphatic heterocycles. The number of nitrogens with one attached hydrogen (secondary N) is 1. The molecule has 2 aliphatic carbocycles.